The molecule has 2 aromatic carbocycles. The zero-order chi connectivity index (χ0) is 14.1. The predicted molar refractivity (Wildman–Crippen MR) is 77.8 cm³/mol. The summed E-state index contributed by atoms with van der Waals surface area (Å²) >= 11 is 0. The number of benzene rings is 2. The SMILES string of the molecule is CCn1c(C(N)c2ccccc2)nc2cc(F)ccc21. The highest BCUT2D eigenvalue weighted by Gasteiger charge is 2.17. The quantitative estimate of drug-likeness (QED) is 0.793. The van der Waals surface area contributed by atoms with Gasteiger partial charge in [0.1, 0.15) is 11.6 Å². The Morgan fingerprint density at radius 3 is 2.65 bits per heavy atom. The second-order valence-electron chi connectivity index (χ2n) is 4.74. The van der Waals surface area contributed by atoms with E-state index in [1.807, 2.05) is 41.8 Å². The van der Waals surface area contributed by atoms with Crippen LogP contribution in [0.15, 0.2) is 48.5 Å². The Balaban J connectivity index is 2.16. The predicted octanol–water partition coefficient (Wildman–Crippen LogP) is 3.24. The Kier molecular flexibility index (Phi) is 3.24. The van der Waals surface area contributed by atoms with Gasteiger partial charge in [-0.3, -0.25) is 0 Å². The van der Waals surface area contributed by atoms with Crippen molar-refractivity contribution in [2.75, 3.05) is 0 Å². The molecule has 0 saturated carbocycles. The van der Waals surface area contributed by atoms with E-state index in [9.17, 15) is 4.39 Å². The highest BCUT2D eigenvalue weighted by molar-refractivity contribution is 5.76. The summed E-state index contributed by atoms with van der Waals surface area (Å²) in [5.41, 5.74) is 8.87. The van der Waals surface area contributed by atoms with Gasteiger partial charge in [0, 0.05) is 12.6 Å². The number of nitrogens with two attached hydrogens (primary N) is 1. The molecule has 1 atom stereocenters. The van der Waals surface area contributed by atoms with Crippen molar-refractivity contribution in [1.29, 1.82) is 0 Å². The summed E-state index contributed by atoms with van der Waals surface area (Å²) in [6.07, 6.45) is 0. The lowest BCUT2D eigenvalue weighted by atomic mass is 10.1. The third-order valence-corrected chi connectivity index (χ3v) is 3.49. The third kappa shape index (κ3) is 2.08. The molecule has 1 aromatic heterocycles. The van der Waals surface area contributed by atoms with E-state index in [0.717, 1.165) is 23.4 Å². The van der Waals surface area contributed by atoms with Crippen LogP contribution in [0.25, 0.3) is 11.0 Å². The first-order chi connectivity index (χ1) is 9.70. The van der Waals surface area contributed by atoms with Crippen LogP contribution >= 0.6 is 0 Å². The second kappa shape index (κ2) is 5.06. The highest BCUT2D eigenvalue weighted by atomic mass is 19.1. The maximum absolute atomic E-state index is 13.3. The zero-order valence-corrected chi connectivity index (χ0v) is 11.3. The van der Waals surface area contributed by atoms with E-state index in [2.05, 4.69) is 4.98 Å². The Morgan fingerprint density at radius 1 is 1.20 bits per heavy atom. The third-order valence-electron chi connectivity index (χ3n) is 3.49. The van der Waals surface area contributed by atoms with Gasteiger partial charge < -0.3 is 10.3 Å². The van der Waals surface area contributed by atoms with E-state index >= 15 is 0 Å². The number of halogens is 1. The smallest absolute Gasteiger partial charge is 0.131 e. The van der Waals surface area contributed by atoms with E-state index in [1.54, 1.807) is 6.07 Å². The molecule has 1 heterocycles. The van der Waals surface area contributed by atoms with Gasteiger partial charge in [-0.2, -0.15) is 0 Å². The van der Waals surface area contributed by atoms with Crippen molar-refractivity contribution in [3.63, 3.8) is 0 Å². The van der Waals surface area contributed by atoms with Crippen LogP contribution in [0.5, 0.6) is 0 Å². The van der Waals surface area contributed by atoms with Gasteiger partial charge in [-0.1, -0.05) is 30.3 Å². The van der Waals surface area contributed by atoms with Gasteiger partial charge >= 0.3 is 0 Å². The summed E-state index contributed by atoms with van der Waals surface area (Å²) < 4.78 is 15.4. The fraction of sp³-hybridized carbons (Fsp3) is 0.188. The normalized spacial score (nSPS) is 12.8. The summed E-state index contributed by atoms with van der Waals surface area (Å²) in [5.74, 6) is 0.484. The van der Waals surface area contributed by atoms with Gasteiger partial charge in [0.2, 0.25) is 0 Å². The molecule has 1 unspecified atom stereocenters. The topological polar surface area (TPSA) is 43.8 Å². The van der Waals surface area contributed by atoms with Crippen molar-refractivity contribution >= 4 is 11.0 Å². The van der Waals surface area contributed by atoms with E-state index < -0.39 is 0 Å². The molecule has 4 heteroatoms. The molecular weight excluding hydrogens is 253 g/mol. The summed E-state index contributed by atoms with van der Waals surface area (Å²) in [6, 6.07) is 14.1. The Hall–Kier alpha value is -2.20. The average molecular weight is 269 g/mol. The highest BCUT2D eigenvalue weighted by Crippen LogP contribution is 2.24. The van der Waals surface area contributed by atoms with Crippen LogP contribution in [0, 0.1) is 5.82 Å². The van der Waals surface area contributed by atoms with Crippen LogP contribution in [0.4, 0.5) is 4.39 Å². The first kappa shape index (κ1) is 12.8. The largest absolute Gasteiger partial charge is 0.327 e. The van der Waals surface area contributed by atoms with E-state index in [0.29, 0.717) is 5.52 Å². The van der Waals surface area contributed by atoms with Crippen LogP contribution in [0.3, 0.4) is 0 Å². The van der Waals surface area contributed by atoms with Gasteiger partial charge in [0.15, 0.2) is 0 Å². The van der Waals surface area contributed by atoms with Crippen molar-refractivity contribution in [1.82, 2.24) is 9.55 Å². The molecule has 3 aromatic rings. The van der Waals surface area contributed by atoms with Gasteiger partial charge in [-0.05, 0) is 24.6 Å². The molecular formula is C16H16FN3. The van der Waals surface area contributed by atoms with Crippen molar-refractivity contribution < 1.29 is 4.39 Å². The molecule has 102 valence electrons. The Labute approximate surface area is 116 Å². The summed E-state index contributed by atoms with van der Waals surface area (Å²) in [5, 5.41) is 0. The van der Waals surface area contributed by atoms with Crippen molar-refractivity contribution in [3.05, 3.63) is 65.7 Å². The van der Waals surface area contributed by atoms with Crippen LogP contribution < -0.4 is 5.73 Å². The number of nitrogens with zero attached hydrogens (tertiary/aromatic N) is 2. The number of imidazole rings is 1. The van der Waals surface area contributed by atoms with Gasteiger partial charge in [-0.25, -0.2) is 9.37 Å². The Bertz CT molecular complexity index is 734. The number of aromatic nitrogens is 2. The first-order valence-electron chi connectivity index (χ1n) is 6.67. The number of aryl methyl sites for hydroxylation is 1. The van der Waals surface area contributed by atoms with Crippen molar-refractivity contribution in [2.24, 2.45) is 5.73 Å². The van der Waals surface area contributed by atoms with Crippen molar-refractivity contribution in [2.45, 2.75) is 19.5 Å². The second-order valence-corrected chi connectivity index (χ2v) is 4.74. The van der Waals surface area contributed by atoms with Gasteiger partial charge in [0.25, 0.3) is 0 Å². The molecule has 3 rings (SSSR count). The molecule has 0 fully saturated rings. The molecule has 0 radical (unpaired) electrons. The number of rotatable bonds is 3. The molecule has 0 aliphatic carbocycles. The van der Waals surface area contributed by atoms with Gasteiger partial charge in [0.05, 0.1) is 17.1 Å². The van der Waals surface area contributed by atoms with Gasteiger partial charge in [-0.15, -0.1) is 0 Å². The lowest BCUT2D eigenvalue weighted by Gasteiger charge is -2.13. The lowest BCUT2D eigenvalue weighted by molar-refractivity contribution is 0.629. The fourth-order valence-electron chi connectivity index (χ4n) is 2.50. The minimum absolute atomic E-state index is 0.280. The monoisotopic (exact) mass is 269 g/mol. The number of hydrogen-bond acceptors (Lipinski definition) is 2. The molecule has 0 amide bonds. The minimum Gasteiger partial charge on any atom is -0.327 e. The number of hydrogen-bond donors (Lipinski definition) is 1. The molecule has 0 aliphatic rings. The van der Waals surface area contributed by atoms with E-state index in [4.69, 9.17) is 5.73 Å². The van der Waals surface area contributed by atoms with Crippen LogP contribution in [-0.4, -0.2) is 9.55 Å². The fourth-order valence-corrected chi connectivity index (χ4v) is 2.50. The van der Waals surface area contributed by atoms with Crippen LogP contribution in [-0.2, 0) is 6.54 Å². The van der Waals surface area contributed by atoms with Crippen molar-refractivity contribution in [3.8, 4) is 0 Å². The number of fused-ring (bicyclic) bond motifs is 1. The molecule has 0 spiro atoms. The summed E-state index contributed by atoms with van der Waals surface area (Å²) in [4.78, 5) is 4.52. The van der Waals surface area contributed by atoms with E-state index in [-0.39, 0.29) is 11.9 Å². The summed E-state index contributed by atoms with van der Waals surface area (Å²) in [6.45, 7) is 2.78. The molecule has 20 heavy (non-hydrogen) atoms. The molecule has 0 aliphatic heterocycles. The maximum Gasteiger partial charge on any atom is 0.131 e. The first-order valence-corrected chi connectivity index (χ1v) is 6.67. The zero-order valence-electron chi connectivity index (χ0n) is 11.3. The minimum atomic E-state index is -0.313. The molecule has 0 saturated heterocycles. The molecule has 0 bridgehead atoms. The standard InChI is InChI=1S/C16H16FN3/c1-2-20-14-9-8-12(17)10-13(14)19-16(20)15(18)11-6-4-3-5-7-11/h3-10,15H,2,18H2,1H3. The lowest BCUT2D eigenvalue weighted by Crippen LogP contribution is -2.17. The molecule has 3 nitrogen and oxygen atoms in total. The van der Waals surface area contributed by atoms with Crippen LogP contribution in [0.2, 0.25) is 0 Å². The molecule has 2 N–H and O–H groups in total. The average Bonchev–Trinajstić information content (AvgIpc) is 2.84. The Morgan fingerprint density at radius 2 is 1.95 bits per heavy atom. The van der Waals surface area contributed by atoms with E-state index in [1.165, 1.54) is 12.1 Å². The van der Waals surface area contributed by atoms with Crippen LogP contribution in [0.1, 0.15) is 24.4 Å². The summed E-state index contributed by atoms with van der Waals surface area (Å²) in [7, 11) is 0. The maximum atomic E-state index is 13.3.